The number of carbonyl (C=O) groups is 1. The van der Waals surface area contributed by atoms with Gasteiger partial charge in [0.2, 0.25) is 0 Å². The Kier molecular flexibility index (Phi) is 4.25. The first kappa shape index (κ1) is 16.7. The van der Waals surface area contributed by atoms with Gasteiger partial charge in [-0.2, -0.15) is 9.61 Å². The number of amides is 2. The third kappa shape index (κ3) is 3.62. The molecule has 0 radical (unpaired) electrons. The number of aromatic nitrogens is 4. The molecule has 2 aromatic heterocycles. The van der Waals surface area contributed by atoms with E-state index in [9.17, 15) is 4.79 Å². The van der Waals surface area contributed by atoms with Crippen molar-refractivity contribution in [3.05, 3.63) is 72.1 Å². The van der Waals surface area contributed by atoms with Gasteiger partial charge in [0, 0.05) is 16.9 Å². The third-order valence-corrected chi connectivity index (χ3v) is 4.14. The minimum atomic E-state index is -0.297. The fourth-order valence-corrected chi connectivity index (χ4v) is 2.74. The molecule has 2 N–H and O–H groups in total. The van der Waals surface area contributed by atoms with Crippen LogP contribution in [0.4, 0.5) is 16.2 Å². The van der Waals surface area contributed by atoms with Gasteiger partial charge in [0.15, 0.2) is 11.5 Å². The molecule has 7 heteroatoms. The zero-order chi connectivity index (χ0) is 18.8. The van der Waals surface area contributed by atoms with Gasteiger partial charge in [-0.15, -0.1) is 10.2 Å². The molecule has 0 fully saturated rings. The second-order valence-electron chi connectivity index (χ2n) is 6.26. The summed E-state index contributed by atoms with van der Waals surface area (Å²) in [5, 5.41) is 18.3. The molecular weight excluding hydrogens is 340 g/mol. The SMILES string of the molecule is Cc1ccc(NC(=O)Nc2cccc(-c3ccc4nnc(C)n4n3)c2)cc1. The van der Waals surface area contributed by atoms with Crippen molar-refractivity contribution in [2.75, 3.05) is 10.6 Å². The Morgan fingerprint density at radius 2 is 1.67 bits per heavy atom. The number of hydrogen-bond donors (Lipinski definition) is 2. The largest absolute Gasteiger partial charge is 0.323 e. The van der Waals surface area contributed by atoms with Crippen LogP contribution in [0.15, 0.2) is 60.7 Å². The summed E-state index contributed by atoms with van der Waals surface area (Å²) < 4.78 is 1.69. The fraction of sp³-hybridized carbons (Fsp3) is 0.100. The van der Waals surface area contributed by atoms with Crippen molar-refractivity contribution < 1.29 is 4.79 Å². The number of urea groups is 1. The molecule has 27 heavy (non-hydrogen) atoms. The Bertz CT molecular complexity index is 1120. The highest BCUT2D eigenvalue weighted by Crippen LogP contribution is 2.21. The molecule has 4 aromatic rings. The predicted octanol–water partition coefficient (Wildman–Crippen LogP) is 4.05. The second kappa shape index (κ2) is 6.87. The maximum atomic E-state index is 12.2. The van der Waals surface area contributed by atoms with Crippen molar-refractivity contribution in [3.8, 4) is 11.3 Å². The molecule has 0 unspecified atom stereocenters. The standard InChI is InChI=1S/C20H18N6O/c1-13-6-8-16(9-7-13)21-20(27)22-17-5-3-4-15(12-17)18-10-11-19-24-23-14(2)26(19)25-18/h3-12H,1-2H3,(H2,21,22,27). The first-order valence-electron chi connectivity index (χ1n) is 8.53. The number of aryl methyl sites for hydroxylation is 2. The lowest BCUT2D eigenvalue weighted by Crippen LogP contribution is -2.19. The van der Waals surface area contributed by atoms with E-state index in [1.54, 1.807) is 4.52 Å². The molecule has 0 bridgehead atoms. The summed E-state index contributed by atoms with van der Waals surface area (Å²) in [5.41, 5.74) is 4.92. The lowest BCUT2D eigenvalue weighted by atomic mass is 10.1. The Hall–Kier alpha value is -3.74. The molecule has 2 amide bonds. The van der Waals surface area contributed by atoms with Crippen LogP contribution in [-0.4, -0.2) is 25.8 Å². The number of fused-ring (bicyclic) bond motifs is 1. The van der Waals surface area contributed by atoms with Crippen LogP contribution >= 0.6 is 0 Å². The summed E-state index contributed by atoms with van der Waals surface area (Å²) in [5.74, 6) is 0.721. The van der Waals surface area contributed by atoms with Crippen LogP contribution in [0.25, 0.3) is 16.9 Å². The minimum Gasteiger partial charge on any atom is -0.308 e. The average Bonchev–Trinajstić information content (AvgIpc) is 3.04. The van der Waals surface area contributed by atoms with Crippen LogP contribution in [0.3, 0.4) is 0 Å². The Morgan fingerprint density at radius 1 is 0.889 bits per heavy atom. The first-order chi connectivity index (χ1) is 13.1. The number of benzene rings is 2. The number of carbonyl (C=O) groups excluding carboxylic acids is 1. The van der Waals surface area contributed by atoms with Gasteiger partial charge in [-0.05, 0) is 50.2 Å². The van der Waals surface area contributed by atoms with Gasteiger partial charge in [0.05, 0.1) is 5.69 Å². The van der Waals surface area contributed by atoms with Gasteiger partial charge in [-0.1, -0.05) is 29.8 Å². The number of nitrogens with zero attached hydrogens (tertiary/aromatic N) is 4. The van der Waals surface area contributed by atoms with E-state index in [-0.39, 0.29) is 6.03 Å². The Labute approximate surface area is 156 Å². The molecule has 0 aliphatic heterocycles. The Balaban J connectivity index is 1.53. The van der Waals surface area contributed by atoms with E-state index >= 15 is 0 Å². The van der Waals surface area contributed by atoms with Gasteiger partial charge >= 0.3 is 6.03 Å². The van der Waals surface area contributed by atoms with Gasteiger partial charge in [0.25, 0.3) is 0 Å². The van der Waals surface area contributed by atoms with Crippen molar-refractivity contribution in [2.45, 2.75) is 13.8 Å². The lowest BCUT2D eigenvalue weighted by Gasteiger charge is -2.09. The maximum absolute atomic E-state index is 12.2. The summed E-state index contributed by atoms with van der Waals surface area (Å²) in [4.78, 5) is 12.2. The van der Waals surface area contributed by atoms with Crippen molar-refractivity contribution in [1.82, 2.24) is 19.8 Å². The summed E-state index contributed by atoms with van der Waals surface area (Å²) in [6.07, 6.45) is 0. The van der Waals surface area contributed by atoms with E-state index in [1.165, 1.54) is 0 Å². The highest BCUT2D eigenvalue weighted by Gasteiger charge is 2.08. The number of anilines is 2. The third-order valence-electron chi connectivity index (χ3n) is 4.14. The molecule has 7 nitrogen and oxygen atoms in total. The topological polar surface area (TPSA) is 84.2 Å². The van der Waals surface area contributed by atoms with Gasteiger partial charge < -0.3 is 10.6 Å². The van der Waals surface area contributed by atoms with Gasteiger partial charge in [-0.25, -0.2) is 4.79 Å². The molecule has 4 rings (SSSR count). The van der Waals surface area contributed by atoms with Crippen molar-refractivity contribution in [3.63, 3.8) is 0 Å². The Morgan fingerprint density at radius 3 is 2.48 bits per heavy atom. The van der Waals surface area contributed by atoms with Crippen molar-refractivity contribution in [1.29, 1.82) is 0 Å². The molecule has 0 aliphatic rings. The molecule has 0 atom stereocenters. The quantitative estimate of drug-likeness (QED) is 0.579. The van der Waals surface area contributed by atoms with Crippen LogP contribution in [0, 0.1) is 13.8 Å². The smallest absolute Gasteiger partial charge is 0.308 e. The molecule has 2 heterocycles. The molecule has 2 aromatic carbocycles. The molecule has 0 saturated carbocycles. The summed E-state index contributed by atoms with van der Waals surface area (Å²) in [6.45, 7) is 3.85. The number of rotatable bonds is 3. The van der Waals surface area contributed by atoms with Crippen LogP contribution in [0.2, 0.25) is 0 Å². The van der Waals surface area contributed by atoms with Crippen LogP contribution in [0.1, 0.15) is 11.4 Å². The lowest BCUT2D eigenvalue weighted by molar-refractivity contribution is 0.262. The molecular formula is C20H18N6O. The normalized spacial score (nSPS) is 10.7. The monoisotopic (exact) mass is 358 g/mol. The van der Waals surface area contributed by atoms with Gasteiger partial charge in [-0.3, -0.25) is 0 Å². The van der Waals surface area contributed by atoms with E-state index in [1.807, 2.05) is 74.5 Å². The zero-order valence-electron chi connectivity index (χ0n) is 15.0. The minimum absolute atomic E-state index is 0.297. The summed E-state index contributed by atoms with van der Waals surface area (Å²) in [6, 6.07) is 18.6. The first-order valence-corrected chi connectivity index (χ1v) is 8.53. The van der Waals surface area contributed by atoms with Gasteiger partial charge in [0.1, 0.15) is 0 Å². The van der Waals surface area contributed by atoms with E-state index in [0.717, 1.165) is 28.3 Å². The summed E-state index contributed by atoms with van der Waals surface area (Å²) >= 11 is 0. The highest BCUT2D eigenvalue weighted by molar-refractivity contribution is 6.00. The van der Waals surface area contributed by atoms with Crippen LogP contribution in [-0.2, 0) is 0 Å². The van der Waals surface area contributed by atoms with Crippen molar-refractivity contribution >= 4 is 23.1 Å². The van der Waals surface area contributed by atoms with Crippen molar-refractivity contribution in [2.24, 2.45) is 0 Å². The average molecular weight is 358 g/mol. The zero-order valence-corrected chi connectivity index (χ0v) is 15.0. The second-order valence-corrected chi connectivity index (χ2v) is 6.26. The van der Waals surface area contributed by atoms with E-state index < -0.39 is 0 Å². The van der Waals surface area contributed by atoms with E-state index in [2.05, 4.69) is 25.9 Å². The van der Waals surface area contributed by atoms with E-state index in [0.29, 0.717) is 11.3 Å². The molecule has 0 saturated heterocycles. The number of hydrogen-bond acceptors (Lipinski definition) is 4. The van der Waals surface area contributed by atoms with E-state index in [4.69, 9.17) is 0 Å². The maximum Gasteiger partial charge on any atom is 0.323 e. The molecule has 134 valence electrons. The fourth-order valence-electron chi connectivity index (χ4n) is 2.74. The highest BCUT2D eigenvalue weighted by atomic mass is 16.2. The summed E-state index contributed by atoms with van der Waals surface area (Å²) in [7, 11) is 0. The predicted molar refractivity (Wildman–Crippen MR) is 105 cm³/mol. The molecule has 0 spiro atoms. The van der Waals surface area contributed by atoms with Crippen LogP contribution in [0.5, 0.6) is 0 Å². The molecule has 0 aliphatic carbocycles. The number of nitrogens with one attached hydrogen (secondary N) is 2. The van der Waals surface area contributed by atoms with Crippen LogP contribution < -0.4 is 10.6 Å².